The normalized spacial score (nSPS) is 18.3. The summed E-state index contributed by atoms with van der Waals surface area (Å²) in [5, 5.41) is 3.65. The van der Waals surface area contributed by atoms with Crippen molar-refractivity contribution in [1.29, 1.82) is 0 Å². The van der Waals surface area contributed by atoms with E-state index in [2.05, 4.69) is 53.8 Å². The number of nitrogens with one attached hydrogen (secondary N) is 1. The number of hydrogen-bond donors (Lipinski definition) is 1. The van der Waals surface area contributed by atoms with Gasteiger partial charge in [-0.1, -0.05) is 60.7 Å². The Hall–Kier alpha value is -3.27. The first-order valence-corrected chi connectivity index (χ1v) is 9.95. The van der Waals surface area contributed by atoms with Gasteiger partial charge in [0.15, 0.2) is 0 Å². The molecule has 4 rings (SSSR count). The van der Waals surface area contributed by atoms with Crippen molar-refractivity contribution >= 4 is 5.84 Å². The Labute approximate surface area is 172 Å². The van der Waals surface area contributed by atoms with Crippen molar-refractivity contribution in [2.24, 2.45) is 4.99 Å². The van der Waals surface area contributed by atoms with Crippen molar-refractivity contribution in [2.75, 3.05) is 7.11 Å². The highest BCUT2D eigenvalue weighted by Gasteiger charge is 2.32. The number of hydrogen-bond acceptors (Lipinski definition) is 4. The van der Waals surface area contributed by atoms with Crippen LogP contribution >= 0.6 is 0 Å². The Morgan fingerprint density at radius 3 is 2.14 bits per heavy atom. The van der Waals surface area contributed by atoms with Gasteiger partial charge in [0, 0.05) is 6.07 Å². The predicted molar refractivity (Wildman–Crippen MR) is 117 cm³/mol. The van der Waals surface area contributed by atoms with E-state index in [1.807, 2.05) is 44.2 Å². The molecule has 148 valence electrons. The minimum atomic E-state index is -0.0115. The van der Waals surface area contributed by atoms with Gasteiger partial charge in [-0.05, 0) is 37.1 Å². The van der Waals surface area contributed by atoms with Crippen LogP contribution in [0.5, 0.6) is 11.5 Å². The summed E-state index contributed by atoms with van der Waals surface area (Å²) in [6.07, 6.45) is 0.0534. The van der Waals surface area contributed by atoms with Gasteiger partial charge in [-0.3, -0.25) is 4.99 Å². The van der Waals surface area contributed by atoms with Crippen LogP contribution in [0.2, 0.25) is 0 Å². The van der Waals surface area contributed by atoms with Gasteiger partial charge in [-0.25, -0.2) is 0 Å². The zero-order chi connectivity index (χ0) is 20.2. The monoisotopic (exact) mass is 386 g/mol. The molecule has 0 saturated carbocycles. The van der Waals surface area contributed by atoms with Crippen LogP contribution in [0.1, 0.15) is 42.6 Å². The highest BCUT2D eigenvalue weighted by atomic mass is 16.5. The maximum Gasteiger partial charge on any atom is 0.134 e. The van der Waals surface area contributed by atoms with Crippen molar-refractivity contribution in [3.63, 3.8) is 0 Å². The van der Waals surface area contributed by atoms with E-state index in [0.717, 1.165) is 22.9 Å². The van der Waals surface area contributed by atoms with Gasteiger partial charge in [0.2, 0.25) is 0 Å². The first-order chi connectivity index (χ1) is 14.2. The lowest BCUT2D eigenvalue weighted by atomic mass is 9.95. The Balaban J connectivity index is 1.76. The number of methoxy groups -OCH3 is 1. The third-order valence-electron chi connectivity index (χ3n) is 4.98. The maximum absolute atomic E-state index is 6.08. The first kappa shape index (κ1) is 19.1. The Morgan fingerprint density at radius 1 is 0.862 bits per heavy atom. The van der Waals surface area contributed by atoms with Gasteiger partial charge in [0.1, 0.15) is 23.4 Å². The Kier molecular flexibility index (Phi) is 5.52. The fraction of sp³-hybridized carbons (Fsp3) is 0.240. The van der Waals surface area contributed by atoms with Crippen LogP contribution in [-0.2, 0) is 0 Å². The molecule has 0 aromatic heterocycles. The minimum Gasteiger partial charge on any atom is -0.497 e. The molecule has 4 heteroatoms. The summed E-state index contributed by atoms with van der Waals surface area (Å²) in [5.41, 5.74) is 3.34. The third-order valence-corrected chi connectivity index (χ3v) is 4.98. The van der Waals surface area contributed by atoms with Crippen molar-refractivity contribution in [3.8, 4) is 11.5 Å². The Morgan fingerprint density at radius 2 is 1.52 bits per heavy atom. The molecule has 1 aliphatic rings. The second-order valence-electron chi connectivity index (χ2n) is 7.39. The smallest absolute Gasteiger partial charge is 0.134 e. The molecular formula is C25H26N2O2. The maximum atomic E-state index is 6.08. The number of nitrogens with zero attached hydrogens (tertiary/aromatic N) is 1. The van der Waals surface area contributed by atoms with Crippen LogP contribution < -0.4 is 14.8 Å². The third kappa shape index (κ3) is 4.11. The van der Waals surface area contributed by atoms with Gasteiger partial charge >= 0.3 is 0 Å². The van der Waals surface area contributed by atoms with Crippen molar-refractivity contribution < 1.29 is 9.47 Å². The highest BCUT2D eigenvalue weighted by Crippen LogP contribution is 2.38. The largest absolute Gasteiger partial charge is 0.497 e. The molecule has 0 spiro atoms. The van der Waals surface area contributed by atoms with Gasteiger partial charge in [-0.15, -0.1) is 0 Å². The molecule has 1 N–H and O–H groups in total. The molecule has 0 fully saturated rings. The van der Waals surface area contributed by atoms with Crippen LogP contribution in [0.3, 0.4) is 0 Å². The summed E-state index contributed by atoms with van der Waals surface area (Å²) in [4.78, 5) is 5.09. The van der Waals surface area contributed by atoms with E-state index in [4.69, 9.17) is 14.5 Å². The summed E-state index contributed by atoms with van der Waals surface area (Å²) in [5.74, 6) is 2.37. The number of benzene rings is 3. The molecule has 0 amide bonds. The van der Waals surface area contributed by atoms with Gasteiger partial charge < -0.3 is 14.8 Å². The molecule has 0 saturated heterocycles. The molecular weight excluding hydrogens is 360 g/mol. The highest BCUT2D eigenvalue weighted by molar-refractivity contribution is 6.03. The summed E-state index contributed by atoms with van der Waals surface area (Å²) in [6, 6.07) is 26.8. The second kappa shape index (κ2) is 8.39. The summed E-state index contributed by atoms with van der Waals surface area (Å²) in [6.45, 7) is 4.04. The van der Waals surface area contributed by atoms with Gasteiger partial charge in [0.05, 0.1) is 24.8 Å². The van der Waals surface area contributed by atoms with Crippen LogP contribution in [0, 0.1) is 0 Å². The molecule has 1 aliphatic heterocycles. The fourth-order valence-corrected chi connectivity index (χ4v) is 3.64. The molecule has 2 atom stereocenters. The van der Waals surface area contributed by atoms with Crippen LogP contribution in [-0.4, -0.2) is 19.0 Å². The topological polar surface area (TPSA) is 42.8 Å². The van der Waals surface area contributed by atoms with Crippen LogP contribution in [0.15, 0.2) is 83.9 Å². The van der Waals surface area contributed by atoms with Crippen molar-refractivity contribution in [3.05, 3.63) is 95.6 Å². The summed E-state index contributed by atoms with van der Waals surface area (Å²) in [7, 11) is 1.66. The lowest BCUT2D eigenvalue weighted by molar-refractivity contribution is 0.240. The lowest BCUT2D eigenvalue weighted by Gasteiger charge is -2.20. The Bertz CT molecular complexity index is 984. The second-order valence-corrected chi connectivity index (χ2v) is 7.39. The minimum absolute atomic E-state index is 0.0115. The SMILES string of the molecule is COc1ccc(C2=N[C@@H](c3ccccc3)[C@@H](c3ccccc3)N2)c(OC(C)C)c1. The van der Waals surface area contributed by atoms with Crippen LogP contribution in [0.25, 0.3) is 0 Å². The summed E-state index contributed by atoms with van der Waals surface area (Å²) < 4.78 is 11.5. The average Bonchev–Trinajstić information content (AvgIpc) is 3.20. The predicted octanol–water partition coefficient (Wildman–Crippen LogP) is 5.31. The van der Waals surface area contributed by atoms with Gasteiger partial charge in [-0.2, -0.15) is 0 Å². The standard InChI is InChI=1S/C25H26N2O2/c1-17(2)29-22-16-20(28-3)14-15-21(22)25-26-23(18-10-6-4-7-11-18)24(27-25)19-12-8-5-9-13-19/h4-17,23-24H,1-3H3,(H,26,27)/t23-,24+. The number of amidine groups is 1. The van der Waals surface area contributed by atoms with Crippen LogP contribution in [0.4, 0.5) is 0 Å². The van der Waals surface area contributed by atoms with E-state index in [1.54, 1.807) is 7.11 Å². The number of aliphatic imine (C=N–C) groups is 1. The molecule has 1 heterocycles. The molecule has 4 nitrogen and oxygen atoms in total. The van der Waals surface area contributed by atoms with E-state index in [-0.39, 0.29) is 18.2 Å². The average molecular weight is 386 g/mol. The fourth-order valence-electron chi connectivity index (χ4n) is 3.64. The van der Waals surface area contributed by atoms with Crippen molar-refractivity contribution in [1.82, 2.24) is 5.32 Å². The van der Waals surface area contributed by atoms with Crippen molar-refractivity contribution in [2.45, 2.75) is 32.0 Å². The molecule has 0 aliphatic carbocycles. The zero-order valence-electron chi connectivity index (χ0n) is 17.0. The number of rotatable bonds is 6. The molecule has 0 unspecified atom stereocenters. The van der Waals surface area contributed by atoms with E-state index < -0.39 is 0 Å². The molecule has 3 aromatic carbocycles. The van der Waals surface area contributed by atoms with E-state index >= 15 is 0 Å². The van der Waals surface area contributed by atoms with Gasteiger partial charge in [0.25, 0.3) is 0 Å². The molecule has 3 aromatic rings. The van der Waals surface area contributed by atoms with E-state index in [0.29, 0.717) is 0 Å². The molecule has 0 radical (unpaired) electrons. The molecule has 29 heavy (non-hydrogen) atoms. The number of ether oxygens (including phenoxy) is 2. The van der Waals surface area contributed by atoms with E-state index in [9.17, 15) is 0 Å². The lowest BCUT2D eigenvalue weighted by Crippen LogP contribution is -2.25. The quantitative estimate of drug-likeness (QED) is 0.624. The molecule has 0 bridgehead atoms. The summed E-state index contributed by atoms with van der Waals surface area (Å²) >= 11 is 0. The first-order valence-electron chi connectivity index (χ1n) is 9.95. The zero-order valence-corrected chi connectivity index (χ0v) is 17.0. The van der Waals surface area contributed by atoms with E-state index in [1.165, 1.54) is 11.1 Å².